The normalized spacial score (nSPS) is 11.7. The van der Waals surface area contributed by atoms with Crippen molar-refractivity contribution >= 4 is 40.2 Å². The number of carbonyl (C=O) groups is 2. The molecule has 32 heavy (non-hydrogen) atoms. The van der Waals surface area contributed by atoms with Crippen LogP contribution in [-0.2, 0) is 16.1 Å². The van der Waals surface area contributed by atoms with E-state index in [4.69, 9.17) is 0 Å². The average Bonchev–Trinajstić information content (AvgIpc) is 3.27. The molecule has 0 atom stereocenters. The highest BCUT2D eigenvalue weighted by Crippen LogP contribution is 2.27. The third-order valence-electron chi connectivity index (χ3n) is 5.46. The monoisotopic (exact) mass is 437 g/mol. The number of ketones is 1. The number of nitro groups is 1. The molecule has 0 fully saturated rings. The summed E-state index contributed by atoms with van der Waals surface area (Å²) in [6.45, 7) is 10.3. The average molecular weight is 438 g/mol. The lowest BCUT2D eigenvalue weighted by molar-refractivity contribution is -0.389. The molecule has 9 nitrogen and oxygen atoms in total. The molecule has 3 aromatic rings. The van der Waals surface area contributed by atoms with Crippen molar-refractivity contribution in [2.24, 2.45) is 0 Å². The standard InChI is InChI=1S/C23H27N5O4/c1-6-25(7-2)23(30)14-26-12-18(19-9-8-15(3)10-21(19)26)11-20(16(4)29)27-13-22(28(31)32)24-17(27)5/h8-13H,6-7,14H2,1-5H3/b20-11-. The van der Waals surface area contributed by atoms with Gasteiger partial charge in [-0.15, -0.1) is 0 Å². The molecule has 3 rings (SSSR count). The van der Waals surface area contributed by atoms with Crippen molar-refractivity contribution in [3.05, 3.63) is 57.7 Å². The predicted molar refractivity (Wildman–Crippen MR) is 123 cm³/mol. The molecule has 0 radical (unpaired) electrons. The van der Waals surface area contributed by atoms with Crippen molar-refractivity contribution in [2.45, 2.75) is 41.2 Å². The lowest BCUT2D eigenvalue weighted by atomic mass is 10.1. The maximum atomic E-state index is 12.7. The van der Waals surface area contributed by atoms with Crippen LogP contribution in [0.4, 0.5) is 5.82 Å². The minimum atomic E-state index is -0.589. The highest BCUT2D eigenvalue weighted by molar-refractivity contribution is 6.19. The van der Waals surface area contributed by atoms with E-state index in [9.17, 15) is 19.7 Å². The molecular formula is C23H27N5O4. The van der Waals surface area contributed by atoms with Gasteiger partial charge in [0, 0.05) is 49.6 Å². The predicted octanol–water partition coefficient (Wildman–Crippen LogP) is 3.82. The van der Waals surface area contributed by atoms with Crippen LogP contribution in [0.5, 0.6) is 0 Å². The molecule has 0 saturated heterocycles. The molecule has 9 heteroatoms. The largest absolute Gasteiger partial charge is 0.382 e. The third-order valence-corrected chi connectivity index (χ3v) is 5.46. The Morgan fingerprint density at radius 1 is 1.19 bits per heavy atom. The van der Waals surface area contributed by atoms with Gasteiger partial charge in [-0.3, -0.25) is 14.2 Å². The highest BCUT2D eigenvalue weighted by Gasteiger charge is 2.21. The molecule has 1 aromatic carbocycles. The molecule has 0 aliphatic carbocycles. The van der Waals surface area contributed by atoms with Gasteiger partial charge in [0.15, 0.2) is 5.78 Å². The van der Waals surface area contributed by atoms with Crippen LogP contribution in [-0.4, -0.2) is 48.7 Å². The van der Waals surface area contributed by atoms with Gasteiger partial charge in [-0.1, -0.05) is 12.1 Å². The van der Waals surface area contributed by atoms with Gasteiger partial charge in [0.2, 0.25) is 11.7 Å². The maximum Gasteiger partial charge on any atom is 0.382 e. The van der Waals surface area contributed by atoms with E-state index in [0.717, 1.165) is 22.0 Å². The van der Waals surface area contributed by atoms with Crippen molar-refractivity contribution in [2.75, 3.05) is 13.1 Å². The topological polar surface area (TPSA) is 103 Å². The first-order chi connectivity index (χ1) is 15.2. The number of hydrogen-bond acceptors (Lipinski definition) is 5. The Balaban J connectivity index is 2.15. The summed E-state index contributed by atoms with van der Waals surface area (Å²) in [4.78, 5) is 41.4. The fourth-order valence-corrected chi connectivity index (χ4v) is 3.78. The summed E-state index contributed by atoms with van der Waals surface area (Å²) in [7, 11) is 0. The van der Waals surface area contributed by atoms with E-state index < -0.39 is 4.92 Å². The van der Waals surface area contributed by atoms with E-state index in [1.54, 1.807) is 17.9 Å². The fraction of sp³-hybridized carbons (Fsp3) is 0.348. The van der Waals surface area contributed by atoms with Gasteiger partial charge >= 0.3 is 5.82 Å². The molecule has 0 saturated carbocycles. The van der Waals surface area contributed by atoms with Gasteiger partial charge in [-0.2, -0.15) is 0 Å². The van der Waals surface area contributed by atoms with E-state index in [2.05, 4.69) is 4.98 Å². The summed E-state index contributed by atoms with van der Waals surface area (Å²) in [5.74, 6) is -0.226. The molecule has 168 valence electrons. The van der Waals surface area contributed by atoms with Crippen molar-refractivity contribution in [1.29, 1.82) is 0 Å². The molecule has 0 aliphatic heterocycles. The van der Waals surface area contributed by atoms with Gasteiger partial charge in [0.1, 0.15) is 12.7 Å². The number of rotatable bonds is 8. The van der Waals surface area contributed by atoms with E-state index in [1.165, 1.54) is 17.7 Å². The van der Waals surface area contributed by atoms with Crippen LogP contribution in [0.3, 0.4) is 0 Å². The zero-order chi connectivity index (χ0) is 23.6. The van der Waals surface area contributed by atoms with Crippen LogP contribution in [0.25, 0.3) is 22.7 Å². The van der Waals surface area contributed by atoms with E-state index >= 15 is 0 Å². The Morgan fingerprint density at radius 3 is 2.44 bits per heavy atom. The molecule has 0 spiro atoms. The number of carbonyl (C=O) groups excluding carboxylic acids is 2. The number of benzene rings is 1. The Morgan fingerprint density at radius 2 is 1.88 bits per heavy atom. The van der Waals surface area contributed by atoms with Gasteiger partial charge in [-0.25, -0.2) is 0 Å². The minimum absolute atomic E-state index is 0.0109. The van der Waals surface area contributed by atoms with Crippen LogP contribution >= 0.6 is 0 Å². The van der Waals surface area contributed by atoms with E-state index in [-0.39, 0.29) is 29.8 Å². The number of hydrogen-bond donors (Lipinski definition) is 0. The number of allylic oxidation sites excluding steroid dienone is 1. The number of likely N-dealkylation sites (N-methyl/N-ethyl adjacent to an activating group) is 1. The minimum Gasteiger partial charge on any atom is -0.358 e. The van der Waals surface area contributed by atoms with Crippen LogP contribution in [0.2, 0.25) is 0 Å². The smallest absolute Gasteiger partial charge is 0.358 e. The molecule has 0 unspecified atom stereocenters. The molecule has 0 aliphatic rings. The van der Waals surface area contributed by atoms with Crippen LogP contribution < -0.4 is 0 Å². The van der Waals surface area contributed by atoms with Crippen molar-refractivity contribution in [3.8, 4) is 0 Å². The summed E-state index contributed by atoms with van der Waals surface area (Å²) in [5, 5.41) is 12.0. The third kappa shape index (κ3) is 4.46. The zero-order valence-corrected chi connectivity index (χ0v) is 19.0. The first-order valence-electron chi connectivity index (χ1n) is 10.5. The lowest BCUT2D eigenvalue weighted by Crippen LogP contribution is -2.33. The lowest BCUT2D eigenvalue weighted by Gasteiger charge is -2.19. The molecule has 0 bridgehead atoms. The first kappa shape index (κ1) is 22.9. The quantitative estimate of drug-likeness (QED) is 0.303. The van der Waals surface area contributed by atoms with Crippen LogP contribution in [0.1, 0.15) is 37.7 Å². The Kier molecular flexibility index (Phi) is 6.57. The van der Waals surface area contributed by atoms with E-state index in [1.807, 2.05) is 49.7 Å². The van der Waals surface area contributed by atoms with Gasteiger partial charge in [0.05, 0.1) is 5.70 Å². The molecule has 1 amide bonds. The van der Waals surface area contributed by atoms with Crippen molar-refractivity contribution < 1.29 is 14.5 Å². The summed E-state index contributed by atoms with van der Waals surface area (Å²) < 4.78 is 3.31. The molecular weight excluding hydrogens is 410 g/mol. The van der Waals surface area contributed by atoms with Gasteiger partial charge in [0.25, 0.3) is 0 Å². The second kappa shape index (κ2) is 9.17. The first-order valence-corrected chi connectivity index (χ1v) is 10.5. The molecule has 2 aromatic heterocycles. The number of Topliss-reactive ketones (excluding diaryl/α,β-unsaturated/α-hetero) is 1. The summed E-state index contributed by atoms with van der Waals surface area (Å²) in [6, 6.07) is 5.93. The second-order valence-corrected chi connectivity index (χ2v) is 7.66. The number of nitrogens with zero attached hydrogens (tertiary/aromatic N) is 5. The number of imidazole rings is 1. The van der Waals surface area contributed by atoms with Crippen LogP contribution in [0, 0.1) is 24.0 Å². The summed E-state index contributed by atoms with van der Waals surface area (Å²) >= 11 is 0. The number of aromatic nitrogens is 3. The second-order valence-electron chi connectivity index (χ2n) is 7.66. The Hall–Kier alpha value is -3.75. The maximum absolute atomic E-state index is 12.7. The van der Waals surface area contributed by atoms with Gasteiger partial charge < -0.3 is 19.6 Å². The number of amides is 1. The van der Waals surface area contributed by atoms with Gasteiger partial charge in [-0.05, 0) is 48.4 Å². The highest BCUT2D eigenvalue weighted by atomic mass is 16.6. The van der Waals surface area contributed by atoms with Crippen molar-refractivity contribution in [1.82, 2.24) is 19.0 Å². The van der Waals surface area contributed by atoms with Crippen molar-refractivity contribution in [3.63, 3.8) is 0 Å². The molecule has 0 N–H and O–H groups in total. The SMILES string of the molecule is CCN(CC)C(=O)Cn1cc(/C=C(/C(C)=O)n2cc([N+](=O)[O-])nc2C)c2ccc(C)cc21. The van der Waals surface area contributed by atoms with E-state index in [0.29, 0.717) is 18.9 Å². The Bertz CT molecular complexity index is 1230. The Labute approximate surface area is 186 Å². The fourth-order valence-electron chi connectivity index (χ4n) is 3.78. The number of aryl methyl sites for hydroxylation is 2. The zero-order valence-electron chi connectivity index (χ0n) is 19.0. The summed E-state index contributed by atoms with van der Waals surface area (Å²) in [6.07, 6.45) is 4.78. The molecule has 2 heterocycles. The van der Waals surface area contributed by atoms with Crippen LogP contribution in [0.15, 0.2) is 30.6 Å². The number of fused-ring (bicyclic) bond motifs is 1. The summed E-state index contributed by atoms with van der Waals surface area (Å²) in [5.41, 5.74) is 2.94.